The summed E-state index contributed by atoms with van der Waals surface area (Å²) >= 11 is 0. The molecule has 1 aromatic rings. The molecule has 17 heavy (non-hydrogen) atoms. The topological polar surface area (TPSA) is 58.2 Å². The van der Waals surface area contributed by atoms with Gasteiger partial charge >= 0.3 is 0 Å². The first-order chi connectivity index (χ1) is 8.34. The molecule has 0 aromatic carbocycles. The average Bonchev–Trinajstić information content (AvgIpc) is 2.86. The van der Waals surface area contributed by atoms with Crippen LogP contribution in [0.15, 0.2) is 6.33 Å². The molecule has 0 saturated carbocycles. The average molecular weight is 235 g/mol. The normalized spacial score (nSPS) is 24.5. The summed E-state index contributed by atoms with van der Waals surface area (Å²) < 4.78 is 5.27. The number of aryl methyl sites for hydroxylation is 1. The molecule has 1 aromatic heterocycles. The van der Waals surface area contributed by atoms with Crippen molar-refractivity contribution in [2.75, 3.05) is 26.3 Å². The molecule has 2 heterocycles. The number of amides is 1. The molecule has 3 rings (SSSR count). The largest absolute Gasteiger partial charge is 0.378 e. The number of hydrogen-bond acceptors (Lipinski definition) is 3. The molecule has 2 aliphatic rings. The van der Waals surface area contributed by atoms with Crippen LogP contribution in [-0.2, 0) is 22.4 Å². The minimum absolute atomic E-state index is 0.126. The Hall–Kier alpha value is -1.36. The molecule has 92 valence electrons. The Balaban J connectivity index is 1.67. The molecule has 1 N–H and O–H groups in total. The van der Waals surface area contributed by atoms with Crippen molar-refractivity contribution in [2.45, 2.75) is 19.3 Å². The molecule has 1 fully saturated rings. The number of carbonyl (C=O) groups is 1. The van der Waals surface area contributed by atoms with Crippen molar-refractivity contribution in [3.8, 4) is 0 Å². The highest BCUT2D eigenvalue weighted by Gasteiger charge is 2.30. The minimum Gasteiger partial charge on any atom is -0.378 e. The summed E-state index contributed by atoms with van der Waals surface area (Å²) in [7, 11) is 0. The smallest absolute Gasteiger partial charge is 0.226 e. The predicted molar refractivity (Wildman–Crippen MR) is 61.5 cm³/mol. The second-order valence-electron chi connectivity index (χ2n) is 4.71. The number of carbonyl (C=O) groups excluding carboxylic acids is 1. The lowest BCUT2D eigenvalue weighted by molar-refractivity contribution is -0.140. The van der Waals surface area contributed by atoms with Crippen molar-refractivity contribution < 1.29 is 9.53 Å². The van der Waals surface area contributed by atoms with Crippen LogP contribution in [0, 0.1) is 5.92 Å². The number of hydrogen-bond donors (Lipinski definition) is 1. The molecule has 0 unspecified atom stereocenters. The third kappa shape index (κ3) is 2.07. The van der Waals surface area contributed by atoms with Crippen molar-refractivity contribution in [1.29, 1.82) is 0 Å². The Kier molecular flexibility index (Phi) is 2.84. The van der Waals surface area contributed by atoms with Crippen molar-refractivity contribution in [3.05, 3.63) is 17.7 Å². The zero-order valence-corrected chi connectivity index (χ0v) is 9.82. The van der Waals surface area contributed by atoms with E-state index in [2.05, 4.69) is 9.97 Å². The van der Waals surface area contributed by atoms with E-state index in [1.54, 1.807) is 6.33 Å². The van der Waals surface area contributed by atoms with Gasteiger partial charge in [-0.1, -0.05) is 0 Å². The van der Waals surface area contributed by atoms with Gasteiger partial charge in [0.15, 0.2) is 0 Å². The van der Waals surface area contributed by atoms with Crippen molar-refractivity contribution >= 4 is 5.91 Å². The number of morpholine rings is 1. The molecular formula is C12H17N3O2. The van der Waals surface area contributed by atoms with Crippen molar-refractivity contribution in [1.82, 2.24) is 14.9 Å². The number of nitrogens with zero attached hydrogens (tertiary/aromatic N) is 2. The summed E-state index contributed by atoms with van der Waals surface area (Å²) in [4.78, 5) is 21.7. The highest BCUT2D eigenvalue weighted by Crippen LogP contribution is 2.24. The van der Waals surface area contributed by atoms with Crippen LogP contribution >= 0.6 is 0 Å². The summed E-state index contributed by atoms with van der Waals surface area (Å²) in [5.41, 5.74) is 2.28. The van der Waals surface area contributed by atoms with E-state index in [0.717, 1.165) is 43.7 Å². The number of ether oxygens (including phenoxy) is 1. The fraction of sp³-hybridized carbons (Fsp3) is 0.667. The van der Waals surface area contributed by atoms with Crippen LogP contribution in [0.1, 0.15) is 17.8 Å². The fourth-order valence-corrected chi connectivity index (χ4v) is 2.65. The molecule has 0 radical (unpaired) electrons. The second-order valence-corrected chi connectivity index (χ2v) is 4.71. The fourth-order valence-electron chi connectivity index (χ4n) is 2.65. The van der Waals surface area contributed by atoms with E-state index in [0.29, 0.717) is 13.2 Å². The molecular weight excluding hydrogens is 218 g/mol. The van der Waals surface area contributed by atoms with Gasteiger partial charge in [-0.2, -0.15) is 0 Å². The predicted octanol–water partition coefficient (Wildman–Crippen LogP) is 0.373. The van der Waals surface area contributed by atoms with Crippen LogP contribution in [0.5, 0.6) is 0 Å². The first-order valence-electron chi connectivity index (χ1n) is 6.22. The van der Waals surface area contributed by atoms with Gasteiger partial charge < -0.3 is 14.6 Å². The summed E-state index contributed by atoms with van der Waals surface area (Å²) in [6.45, 7) is 2.83. The summed E-state index contributed by atoms with van der Waals surface area (Å²) in [6, 6.07) is 0. The van der Waals surface area contributed by atoms with Crippen LogP contribution in [0.3, 0.4) is 0 Å². The molecule has 0 bridgehead atoms. The van der Waals surface area contributed by atoms with Crippen LogP contribution < -0.4 is 0 Å². The summed E-state index contributed by atoms with van der Waals surface area (Å²) in [6.07, 6.45) is 4.38. The van der Waals surface area contributed by atoms with E-state index in [4.69, 9.17) is 4.74 Å². The highest BCUT2D eigenvalue weighted by atomic mass is 16.5. The Bertz CT molecular complexity index is 410. The Labute approximate surface area is 100 Å². The minimum atomic E-state index is 0.126. The number of H-pyrrole nitrogens is 1. The Morgan fingerprint density at radius 2 is 2.29 bits per heavy atom. The van der Waals surface area contributed by atoms with E-state index in [9.17, 15) is 4.79 Å². The molecule has 1 atom stereocenters. The molecule has 1 saturated heterocycles. The Morgan fingerprint density at radius 3 is 3.12 bits per heavy atom. The van der Waals surface area contributed by atoms with Gasteiger partial charge in [0, 0.05) is 31.1 Å². The maximum absolute atomic E-state index is 12.3. The quantitative estimate of drug-likeness (QED) is 0.765. The third-order valence-corrected chi connectivity index (χ3v) is 3.66. The summed E-state index contributed by atoms with van der Waals surface area (Å²) in [5, 5.41) is 0. The maximum atomic E-state index is 12.3. The van der Waals surface area contributed by atoms with E-state index in [-0.39, 0.29) is 11.8 Å². The van der Waals surface area contributed by atoms with Gasteiger partial charge in [-0.05, 0) is 12.8 Å². The van der Waals surface area contributed by atoms with Crippen LogP contribution in [0.2, 0.25) is 0 Å². The molecule has 1 aliphatic heterocycles. The zero-order valence-electron chi connectivity index (χ0n) is 9.82. The lowest BCUT2D eigenvalue weighted by atomic mass is 9.88. The third-order valence-electron chi connectivity index (χ3n) is 3.66. The SMILES string of the molecule is O=C([C@H]1CCc2nc[nH]c2C1)N1CCOCC1. The van der Waals surface area contributed by atoms with Crippen LogP contribution in [0.4, 0.5) is 0 Å². The van der Waals surface area contributed by atoms with E-state index < -0.39 is 0 Å². The molecule has 1 amide bonds. The highest BCUT2D eigenvalue weighted by molar-refractivity contribution is 5.79. The second kappa shape index (κ2) is 4.49. The lowest BCUT2D eigenvalue weighted by Crippen LogP contribution is -2.44. The Morgan fingerprint density at radius 1 is 1.47 bits per heavy atom. The molecule has 5 heteroatoms. The van der Waals surface area contributed by atoms with E-state index >= 15 is 0 Å². The van der Waals surface area contributed by atoms with Gasteiger partial charge in [-0.15, -0.1) is 0 Å². The molecule has 1 aliphatic carbocycles. The zero-order chi connectivity index (χ0) is 11.7. The summed E-state index contributed by atoms with van der Waals surface area (Å²) in [5.74, 6) is 0.412. The number of imidazole rings is 1. The number of aromatic amines is 1. The van der Waals surface area contributed by atoms with Gasteiger partial charge in [-0.25, -0.2) is 4.98 Å². The first kappa shape index (κ1) is 10.8. The number of aromatic nitrogens is 2. The van der Waals surface area contributed by atoms with Gasteiger partial charge in [0.05, 0.1) is 25.2 Å². The monoisotopic (exact) mass is 235 g/mol. The number of fused-ring (bicyclic) bond motifs is 1. The van der Waals surface area contributed by atoms with Gasteiger partial charge in [0.2, 0.25) is 5.91 Å². The van der Waals surface area contributed by atoms with Crippen LogP contribution in [0.25, 0.3) is 0 Å². The van der Waals surface area contributed by atoms with E-state index in [1.807, 2.05) is 4.90 Å². The molecule has 5 nitrogen and oxygen atoms in total. The van der Waals surface area contributed by atoms with Crippen molar-refractivity contribution in [3.63, 3.8) is 0 Å². The van der Waals surface area contributed by atoms with Crippen LogP contribution in [-0.4, -0.2) is 47.1 Å². The van der Waals surface area contributed by atoms with E-state index in [1.165, 1.54) is 0 Å². The number of rotatable bonds is 1. The molecule has 0 spiro atoms. The maximum Gasteiger partial charge on any atom is 0.226 e. The van der Waals surface area contributed by atoms with Gasteiger partial charge in [0.1, 0.15) is 0 Å². The first-order valence-corrected chi connectivity index (χ1v) is 6.22. The number of nitrogens with one attached hydrogen (secondary N) is 1. The van der Waals surface area contributed by atoms with Crippen molar-refractivity contribution in [2.24, 2.45) is 5.92 Å². The van der Waals surface area contributed by atoms with Gasteiger partial charge in [0.25, 0.3) is 0 Å². The van der Waals surface area contributed by atoms with Gasteiger partial charge in [-0.3, -0.25) is 4.79 Å². The standard InChI is InChI=1S/C12H17N3O2/c16-12(15-3-5-17-6-4-15)9-1-2-10-11(7-9)14-8-13-10/h8-9H,1-7H2,(H,13,14)/t9-/m0/s1. The lowest BCUT2D eigenvalue weighted by Gasteiger charge is -2.31.